The maximum Gasteiger partial charge on any atom is 0.383 e. The van der Waals surface area contributed by atoms with Crippen molar-refractivity contribution in [2.24, 2.45) is 0 Å². The molecule has 0 atom stereocenters. The first kappa shape index (κ1) is 27.3. The third-order valence-electron chi connectivity index (χ3n) is 4.98. The van der Waals surface area contributed by atoms with Crippen LogP contribution >= 0.6 is 0 Å². The molecule has 0 aliphatic carbocycles. The summed E-state index contributed by atoms with van der Waals surface area (Å²) in [7, 11) is 0. The van der Waals surface area contributed by atoms with E-state index < -0.39 is 24.3 Å². The smallest absolute Gasteiger partial charge is 0.383 e. The number of ether oxygens (including phenoxy) is 1. The van der Waals surface area contributed by atoms with E-state index in [1.54, 1.807) is 0 Å². The zero-order valence-corrected chi connectivity index (χ0v) is 17.6. The Kier molecular flexibility index (Phi) is 15.7. The summed E-state index contributed by atoms with van der Waals surface area (Å²) < 4.78 is 4.22. The van der Waals surface area contributed by atoms with Crippen LogP contribution in [0.3, 0.4) is 0 Å². The molecule has 0 rings (SSSR count). The van der Waals surface area contributed by atoms with Crippen molar-refractivity contribution in [3.63, 3.8) is 0 Å². The third-order valence-corrected chi connectivity index (χ3v) is 4.98. The summed E-state index contributed by atoms with van der Waals surface area (Å²) in [6, 6.07) is 0. The molecular weight excluding hydrogens is 364 g/mol. The van der Waals surface area contributed by atoms with Crippen LogP contribution in [0.25, 0.3) is 0 Å². The van der Waals surface area contributed by atoms with Crippen LogP contribution in [0.2, 0.25) is 0 Å². The predicted octanol–water partition coefficient (Wildman–Crippen LogP) is 3.10. The molecule has 0 aliphatic heterocycles. The lowest BCUT2D eigenvalue weighted by Gasteiger charge is -2.31. The van der Waals surface area contributed by atoms with E-state index in [4.69, 9.17) is 15.3 Å². The summed E-state index contributed by atoms with van der Waals surface area (Å²) in [5, 5.41) is 45.5. The summed E-state index contributed by atoms with van der Waals surface area (Å²) in [6.07, 6.45) is 17.9. The van der Waals surface area contributed by atoms with E-state index in [1.807, 2.05) is 0 Å². The number of hydrogen-bond acceptors (Lipinski definition) is 7. The van der Waals surface area contributed by atoms with Gasteiger partial charge >= 0.3 is 11.9 Å². The standard InChI is InChI=1S/C21H42O7/c1-2-3-4-5-6-7-8-9-10-11-12-13-14-15-16-17-19(23)28-21(26,27)20(24,25)18-22/h22,24-27H,2-18H2,1H3. The van der Waals surface area contributed by atoms with Gasteiger partial charge in [0.1, 0.15) is 6.61 Å². The van der Waals surface area contributed by atoms with Crippen LogP contribution in [0.1, 0.15) is 110 Å². The molecule has 0 spiro atoms. The molecule has 168 valence electrons. The van der Waals surface area contributed by atoms with Gasteiger partial charge in [0.2, 0.25) is 0 Å². The van der Waals surface area contributed by atoms with Gasteiger partial charge in [-0.05, 0) is 6.42 Å². The van der Waals surface area contributed by atoms with Crippen LogP contribution in [0.15, 0.2) is 0 Å². The van der Waals surface area contributed by atoms with E-state index in [0.29, 0.717) is 6.42 Å². The Morgan fingerprint density at radius 2 is 1.04 bits per heavy atom. The number of hydrogen-bond donors (Lipinski definition) is 5. The maximum atomic E-state index is 11.5. The van der Waals surface area contributed by atoms with E-state index in [1.165, 1.54) is 70.6 Å². The van der Waals surface area contributed by atoms with E-state index in [9.17, 15) is 15.0 Å². The molecule has 0 saturated carbocycles. The average molecular weight is 407 g/mol. The molecule has 5 N–H and O–H groups in total. The van der Waals surface area contributed by atoms with Gasteiger partial charge in [-0.3, -0.25) is 4.79 Å². The SMILES string of the molecule is CCCCCCCCCCCCCCCCCC(=O)OC(O)(O)C(O)(O)CO. The lowest BCUT2D eigenvalue weighted by Crippen LogP contribution is -2.59. The van der Waals surface area contributed by atoms with Crippen molar-refractivity contribution >= 4 is 5.97 Å². The average Bonchev–Trinajstić information content (AvgIpc) is 2.64. The summed E-state index contributed by atoms with van der Waals surface area (Å²) >= 11 is 0. The minimum atomic E-state index is -3.53. The second kappa shape index (κ2) is 16.1. The van der Waals surface area contributed by atoms with Crippen LogP contribution in [0.4, 0.5) is 0 Å². The minimum absolute atomic E-state index is 0.0529. The topological polar surface area (TPSA) is 127 Å². The fourth-order valence-corrected chi connectivity index (χ4v) is 3.04. The Morgan fingerprint density at radius 3 is 1.39 bits per heavy atom. The Morgan fingerprint density at radius 1 is 0.679 bits per heavy atom. The highest BCUT2D eigenvalue weighted by Crippen LogP contribution is 2.20. The summed E-state index contributed by atoms with van der Waals surface area (Å²) in [4.78, 5) is 11.5. The van der Waals surface area contributed by atoms with E-state index in [-0.39, 0.29) is 6.42 Å². The lowest BCUT2D eigenvalue weighted by molar-refractivity contribution is -0.450. The molecule has 0 heterocycles. The van der Waals surface area contributed by atoms with Gasteiger partial charge in [0.05, 0.1) is 0 Å². The molecule has 7 nitrogen and oxygen atoms in total. The van der Waals surface area contributed by atoms with Crippen LogP contribution in [-0.2, 0) is 9.53 Å². The monoisotopic (exact) mass is 406 g/mol. The number of aliphatic hydroxyl groups excluding tert-OH is 1. The van der Waals surface area contributed by atoms with Gasteiger partial charge in [-0.25, -0.2) is 0 Å². The highest BCUT2D eigenvalue weighted by molar-refractivity contribution is 5.69. The normalized spacial score (nSPS) is 12.4. The lowest BCUT2D eigenvalue weighted by atomic mass is 10.0. The van der Waals surface area contributed by atoms with Gasteiger partial charge < -0.3 is 30.3 Å². The Bertz CT molecular complexity index is 383. The van der Waals surface area contributed by atoms with Crippen molar-refractivity contribution in [3.8, 4) is 0 Å². The van der Waals surface area contributed by atoms with Crippen molar-refractivity contribution < 1.29 is 35.1 Å². The van der Waals surface area contributed by atoms with Crippen LogP contribution in [-0.4, -0.2) is 49.9 Å². The fourth-order valence-electron chi connectivity index (χ4n) is 3.04. The van der Waals surface area contributed by atoms with Crippen molar-refractivity contribution in [1.29, 1.82) is 0 Å². The van der Waals surface area contributed by atoms with Gasteiger partial charge in [-0.2, -0.15) is 0 Å². The number of aliphatic hydroxyl groups is 5. The van der Waals surface area contributed by atoms with Crippen LogP contribution < -0.4 is 0 Å². The highest BCUT2D eigenvalue weighted by atomic mass is 16.8. The Labute approximate surface area is 169 Å². The number of rotatable bonds is 19. The van der Waals surface area contributed by atoms with Gasteiger partial charge in [0.25, 0.3) is 5.79 Å². The van der Waals surface area contributed by atoms with Crippen LogP contribution in [0, 0.1) is 0 Å². The van der Waals surface area contributed by atoms with E-state index in [2.05, 4.69) is 11.7 Å². The van der Waals surface area contributed by atoms with E-state index in [0.717, 1.165) is 19.3 Å². The molecule has 0 unspecified atom stereocenters. The molecule has 0 amide bonds. The van der Waals surface area contributed by atoms with Gasteiger partial charge in [0, 0.05) is 6.42 Å². The van der Waals surface area contributed by atoms with Gasteiger partial charge in [-0.1, -0.05) is 96.8 Å². The second-order valence-electron chi connectivity index (χ2n) is 7.76. The van der Waals surface area contributed by atoms with E-state index >= 15 is 0 Å². The number of carbonyl (C=O) groups is 1. The van der Waals surface area contributed by atoms with Crippen molar-refractivity contribution in [3.05, 3.63) is 0 Å². The minimum Gasteiger partial charge on any atom is -0.404 e. The molecule has 0 aromatic carbocycles. The predicted molar refractivity (Wildman–Crippen MR) is 107 cm³/mol. The largest absolute Gasteiger partial charge is 0.404 e. The molecule has 7 heteroatoms. The first-order valence-corrected chi connectivity index (χ1v) is 11.0. The van der Waals surface area contributed by atoms with Gasteiger partial charge in [-0.15, -0.1) is 0 Å². The molecule has 0 fully saturated rings. The molecule has 0 bridgehead atoms. The zero-order chi connectivity index (χ0) is 21.3. The summed E-state index contributed by atoms with van der Waals surface area (Å²) in [5.74, 6) is -7.81. The Balaban J connectivity index is 3.45. The highest BCUT2D eigenvalue weighted by Gasteiger charge is 2.51. The van der Waals surface area contributed by atoms with Crippen molar-refractivity contribution in [2.45, 2.75) is 121 Å². The third kappa shape index (κ3) is 13.4. The van der Waals surface area contributed by atoms with Crippen molar-refractivity contribution in [2.75, 3.05) is 6.61 Å². The Hall–Kier alpha value is -0.730. The fraction of sp³-hybridized carbons (Fsp3) is 0.952. The summed E-state index contributed by atoms with van der Waals surface area (Å²) in [6.45, 7) is 0.857. The van der Waals surface area contributed by atoms with Gasteiger partial charge in [0.15, 0.2) is 0 Å². The number of esters is 1. The number of carbonyl (C=O) groups excluding carboxylic acids is 1. The second-order valence-corrected chi connectivity index (χ2v) is 7.76. The molecule has 0 aromatic heterocycles. The molecule has 0 aromatic rings. The quantitative estimate of drug-likeness (QED) is 0.127. The summed E-state index contributed by atoms with van der Waals surface area (Å²) in [5.41, 5.74) is 0. The first-order valence-electron chi connectivity index (χ1n) is 11.0. The molecule has 0 aliphatic rings. The molecule has 0 radical (unpaired) electrons. The maximum absolute atomic E-state index is 11.5. The molecule has 28 heavy (non-hydrogen) atoms. The molecule has 0 saturated heterocycles. The number of unbranched alkanes of at least 4 members (excludes halogenated alkanes) is 14. The van der Waals surface area contributed by atoms with Crippen LogP contribution in [0.5, 0.6) is 0 Å². The zero-order valence-electron chi connectivity index (χ0n) is 17.6. The molecular formula is C21H42O7. The first-order chi connectivity index (χ1) is 13.3. The van der Waals surface area contributed by atoms with Crippen molar-refractivity contribution in [1.82, 2.24) is 0 Å².